The van der Waals surface area contributed by atoms with E-state index in [9.17, 15) is 4.79 Å². The van der Waals surface area contributed by atoms with Crippen LogP contribution in [0.1, 0.15) is 42.2 Å². The van der Waals surface area contributed by atoms with Crippen molar-refractivity contribution in [2.24, 2.45) is 0 Å². The number of anilines is 1. The molecule has 0 unspecified atom stereocenters. The number of ether oxygens (including phenoxy) is 1. The maximum atomic E-state index is 13.5. The van der Waals surface area contributed by atoms with E-state index in [0.29, 0.717) is 17.7 Å². The van der Waals surface area contributed by atoms with Crippen LogP contribution in [0.4, 0.5) is 5.69 Å². The predicted octanol–water partition coefficient (Wildman–Crippen LogP) is 3.85. The lowest BCUT2D eigenvalue weighted by Crippen LogP contribution is -2.61. The summed E-state index contributed by atoms with van der Waals surface area (Å²) in [5.74, 6) is 0.622. The van der Waals surface area contributed by atoms with Crippen LogP contribution in [0.15, 0.2) is 48.5 Å². The van der Waals surface area contributed by atoms with E-state index in [0.717, 1.165) is 11.3 Å². The highest BCUT2D eigenvalue weighted by atomic mass is 16.7. The summed E-state index contributed by atoms with van der Waals surface area (Å²) in [4.78, 5) is 21.8. The molecule has 2 atom stereocenters. The van der Waals surface area contributed by atoms with Crippen molar-refractivity contribution in [1.29, 1.82) is 0 Å². The molecule has 1 fully saturated rings. The third-order valence-electron chi connectivity index (χ3n) is 5.85. The molecule has 0 aromatic heterocycles. The fraction of sp³-hybridized carbons (Fsp3) is 0.409. The lowest BCUT2D eigenvalue weighted by atomic mass is 9.73. The molecule has 0 radical (unpaired) electrons. The second kappa shape index (κ2) is 6.08. The molecule has 2 aliphatic heterocycles. The second-order valence-corrected chi connectivity index (χ2v) is 8.11. The zero-order chi connectivity index (χ0) is 19.4. The SMILES string of the molecule is CN(C)c1ccc([C@@H]2C[C@@]3(ON2C)C(=O)c2ccccc2OC3(C)C)cc1. The van der Waals surface area contributed by atoms with E-state index < -0.39 is 11.2 Å². The Hall–Kier alpha value is -2.37. The van der Waals surface area contributed by atoms with Crippen molar-refractivity contribution in [3.05, 3.63) is 59.7 Å². The summed E-state index contributed by atoms with van der Waals surface area (Å²) in [7, 11) is 5.93. The molecule has 0 amide bonds. The monoisotopic (exact) mass is 366 g/mol. The number of para-hydroxylation sites is 1. The van der Waals surface area contributed by atoms with Crippen LogP contribution in [0, 0.1) is 0 Å². The van der Waals surface area contributed by atoms with Crippen molar-refractivity contribution in [1.82, 2.24) is 5.06 Å². The molecule has 2 aromatic rings. The first-order valence-electron chi connectivity index (χ1n) is 9.27. The summed E-state index contributed by atoms with van der Waals surface area (Å²) >= 11 is 0. The number of Topliss-reactive ketones (excluding diaryl/α,β-unsaturated/α-hetero) is 1. The van der Waals surface area contributed by atoms with Crippen molar-refractivity contribution in [2.45, 2.75) is 37.5 Å². The number of hydroxylamine groups is 2. The lowest BCUT2D eigenvalue weighted by molar-refractivity contribution is -0.220. The van der Waals surface area contributed by atoms with Gasteiger partial charge >= 0.3 is 0 Å². The van der Waals surface area contributed by atoms with Gasteiger partial charge in [-0.3, -0.25) is 9.63 Å². The van der Waals surface area contributed by atoms with Gasteiger partial charge in [-0.1, -0.05) is 24.3 Å². The van der Waals surface area contributed by atoms with Crippen molar-refractivity contribution >= 4 is 11.5 Å². The van der Waals surface area contributed by atoms with Crippen LogP contribution in [0.2, 0.25) is 0 Å². The molecule has 1 saturated heterocycles. The van der Waals surface area contributed by atoms with Crippen LogP contribution >= 0.6 is 0 Å². The molecule has 1 spiro atoms. The molecule has 2 aromatic carbocycles. The topological polar surface area (TPSA) is 42.0 Å². The van der Waals surface area contributed by atoms with Crippen LogP contribution in [0.5, 0.6) is 5.75 Å². The van der Waals surface area contributed by atoms with E-state index in [2.05, 4.69) is 29.2 Å². The number of rotatable bonds is 2. The molecule has 0 N–H and O–H groups in total. The average molecular weight is 366 g/mol. The van der Waals surface area contributed by atoms with Crippen LogP contribution in [0.25, 0.3) is 0 Å². The highest BCUT2D eigenvalue weighted by molar-refractivity contribution is 6.06. The van der Waals surface area contributed by atoms with E-state index in [4.69, 9.17) is 9.57 Å². The number of hydrogen-bond donors (Lipinski definition) is 0. The fourth-order valence-corrected chi connectivity index (χ4v) is 4.15. The van der Waals surface area contributed by atoms with Crippen molar-refractivity contribution < 1.29 is 14.4 Å². The zero-order valence-corrected chi connectivity index (χ0v) is 16.5. The molecule has 5 nitrogen and oxygen atoms in total. The normalized spacial score (nSPS) is 26.7. The summed E-state index contributed by atoms with van der Waals surface area (Å²) in [6, 6.07) is 15.8. The molecule has 2 heterocycles. The number of fused-ring (bicyclic) bond motifs is 1. The number of carbonyl (C=O) groups excluding carboxylic acids is 1. The molecular formula is C22H26N2O3. The summed E-state index contributed by atoms with van der Waals surface area (Å²) < 4.78 is 6.23. The Labute approximate surface area is 160 Å². The first-order chi connectivity index (χ1) is 12.7. The Morgan fingerprint density at radius 1 is 1.07 bits per heavy atom. The third kappa shape index (κ3) is 2.65. The molecule has 0 bridgehead atoms. The van der Waals surface area contributed by atoms with E-state index in [1.165, 1.54) is 0 Å². The summed E-state index contributed by atoms with van der Waals surface area (Å²) in [5, 5.41) is 1.81. The minimum absolute atomic E-state index is 0.00592. The van der Waals surface area contributed by atoms with E-state index in [1.54, 1.807) is 0 Å². The van der Waals surface area contributed by atoms with Crippen LogP contribution in [-0.4, -0.2) is 43.2 Å². The minimum Gasteiger partial charge on any atom is -0.483 e. The molecule has 2 aliphatic rings. The first-order valence-corrected chi connectivity index (χ1v) is 9.27. The number of carbonyl (C=O) groups is 1. The van der Waals surface area contributed by atoms with Gasteiger partial charge in [0.1, 0.15) is 11.4 Å². The summed E-state index contributed by atoms with van der Waals surface area (Å²) in [5.41, 5.74) is 1.05. The lowest BCUT2D eigenvalue weighted by Gasteiger charge is -2.45. The van der Waals surface area contributed by atoms with Gasteiger partial charge in [0.25, 0.3) is 0 Å². The predicted molar refractivity (Wildman–Crippen MR) is 105 cm³/mol. The maximum absolute atomic E-state index is 13.5. The standard InChI is InChI=1S/C22H26N2O3/c1-21(2)22(20(25)17-8-6-7-9-19(17)26-21)14-18(24(5)27-22)15-10-12-16(13-11-15)23(3)4/h6-13,18H,14H2,1-5H3/t18-,22+/m0/s1. The molecule has 0 aliphatic carbocycles. The van der Waals surface area contributed by atoms with E-state index in [1.807, 2.05) is 64.3 Å². The van der Waals surface area contributed by atoms with Gasteiger partial charge in [-0.15, -0.1) is 0 Å². The maximum Gasteiger partial charge on any atom is 0.204 e. The zero-order valence-electron chi connectivity index (χ0n) is 16.5. The average Bonchev–Trinajstić information content (AvgIpc) is 2.99. The van der Waals surface area contributed by atoms with Gasteiger partial charge in [-0.25, -0.2) is 0 Å². The van der Waals surface area contributed by atoms with Gasteiger partial charge in [0.05, 0.1) is 11.6 Å². The quantitative estimate of drug-likeness (QED) is 0.807. The molecule has 4 rings (SSSR count). The highest BCUT2D eigenvalue weighted by Gasteiger charge is 2.63. The van der Waals surface area contributed by atoms with Crippen LogP contribution in [-0.2, 0) is 4.84 Å². The van der Waals surface area contributed by atoms with Crippen molar-refractivity contribution in [3.8, 4) is 5.75 Å². The van der Waals surface area contributed by atoms with Crippen molar-refractivity contribution in [2.75, 3.05) is 26.0 Å². The largest absolute Gasteiger partial charge is 0.483 e. The fourth-order valence-electron chi connectivity index (χ4n) is 4.15. The van der Waals surface area contributed by atoms with Crippen LogP contribution in [0.3, 0.4) is 0 Å². The molecule has 0 saturated carbocycles. The molecule has 27 heavy (non-hydrogen) atoms. The Kier molecular flexibility index (Phi) is 4.05. The Bertz CT molecular complexity index is 875. The third-order valence-corrected chi connectivity index (χ3v) is 5.85. The molecular weight excluding hydrogens is 340 g/mol. The summed E-state index contributed by atoms with van der Waals surface area (Å²) in [6.07, 6.45) is 0.547. The summed E-state index contributed by atoms with van der Waals surface area (Å²) in [6.45, 7) is 3.87. The van der Waals surface area contributed by atoms with Gasteiger partial charge in [0, 0.05) is 33.3 Å². The van der Waals surface area contributed by atoms with Crippen molar-refractivity contribution in [3.63, 3.8) is 0 Å². The number of benzene rings is 2. The highest BCUT2D eigenvalue weighted by Crippen LogP contribution is 2.51. The molecule has 142 valence electrons. The second-order valence-electron chi connectivity index (χ2n) is 8.11. The van der Waals surface area contributed by atoms with Gasteiger partial charge in [0.2, 0.25) is 5.78 Å². The van der Waals surface area contributed by atoms with E-state index in [-0.39, 0.29) is 11.8 Å². The Balaban J connectivity index is 1.71. The number of hydrogen-bond acceptors (Lipinski definition) is 5. The molecule has 5 heteroatoms. The Morgan fingerprint density at radius 3 is 2.41 bits per heavy atom. The number of nitrogens with zero attached hydrogens (tertiary/aromatic N) is 2. The van der Waals surface area contributed by atoms with Gasteiger partial charge in [0.15, 0.2) is 5.60 Å². The first kappa shape index (κ1) is 18.0. The smallest absolute Gasteiger partial charge is 0.204 e. The van der Waals surface area contributed by atoms with Crippen LogP contribution < -0.4 is 9.64 Å². The Morgan fingerprint density at radius 2 is 1.74 bits per heavy atom. The van der Waals surface area contributed by atoms with Gasteiger partial charge in [-0.05, 0) is 43.7 Å². The minimum atomic E-state index is -1.04. The van der Waals surface area contributed by atoms with E-state index >= 15 is 0 Å². The van der Waals surface area contributed by atoms with Gasteiger partial charge < -0.3 is 9.64 Å². The van der Waals surface area contributed by atoms with Gasteiger partial charge in [-0.2, -0.15) is 5.06 Å². The number of ketones is 1.